The van der Waals surface area contributed by atoms with E-state index in [0.717, 1.165) is 0 Å². The van der Waals surface area contributed by atoms with Crippen molar-refractivity contribution >= 4 is 16.9 Å². The number of ether oxygens (including phenoxy) is 2. The zero-order valence-corrected chi connectivity index (χ0v) is 13.0. The summed E-state index contributed by atoms with van der Waals surface area (Å²) in [5.74, 6) is 0.436. The summed E-state index contributed by atoms with van der Waals surface area (Å²) in [5.41, 5.74) is 1.10. The van der Waals surface area contributed by atoms with Crippen molar-refractivity contribution in [3.8, 4) is 11.5 Å². The Labute approximate surface area is 141 Å². The molecule has 2 aromatic carbocycles. The minimum Gasteiger partial charge on any atom is -0.454 e. The Kier molecular flexibility index (Phi) is 3.64. The fraction of sp³-hybridized carbons (Fsp3) is 0.176. The van der Waals surface area contributed by atoms with Gasteiger partial charge in [0.25, 0.3) is 5.91 Å². The second-order valence-electron chi connectivity index (χ2n) is 5.57. The quantitative estimate of drug-likeness (QED) is 0.754. The molecule has 7 nitrogen and oxygen atoms in total. The number of nitrogens with zero attached hydrogens (tertiary/aromatic N) is 1. The predicted octanol–water partition coefficient (Wildman–Crippen LogP) is 1.63. The molecule has 0 unspecified atom stereocenters. The van der Waals surface area contributed by atoms with E-state index in [-0.39, 0.29) is 31.5 Å². The van der Waals surface area contributed by atoms with Gasteiger partial charge in [-0.15, -0.1) is 0 Å². The van der Waals surface area contributed by atoms with Crippen LogP contribution in [0.25, 0.3) is 11.0 Å². The Bertz CT molecular complexity index is 1020. The van der Waals surface area contributed by atoms with Gasteiger partial charge in [-0.3, -0.25) is 9.36 Å². The molecule has 2 heterocycles. The van der Waals surface area contributed by atoms with Crippen LogP contribution >= 0.6 is 0 Å². The van der Waals surface area contributed by atoms with Gasteiger partial charge in [-0.25, -0.2) is 9.18 Å². The molecule has 8 heteroatoms. The molecule has 128 valence electrons. The monoisotopic (exact) mass is 343 g/mol. The van der Waals surface area contributed by atoms with E-state index >= 15 is 0 Å². The molecule has 0 atom stereocenters. The van der Waals surface area contributed by atoms with Crippen LogP contribution in [0.2, 0.25) is 0 Å². The van der Waals surface area contributed by atoms with E-state index in [1.165, 1.54) is 22.8 Å². The molecular weight excluding hydrogens is 329 g/mol. The first-order chi connectivity index (χ1) is 12.1. The van der Waals surface area contributed by atoms with Crippen LogP contribution in [0.3, 0.4) is 0 Å². The van der Waals surface area contributed by atoms with Gasteiger partial charge < -0.3 is 19.8 Å². The summed E-state index contributed by atoms with van der Waals surface area (Å²) >= 11 is 0. The van der Waals surface area contributed by atoms with Gasteiger partial charge in [-0.1, -0.05) is 0 Å². The third-order valence-corrected chi connectivity index (χ3v) is 3.99. The molecule has 0 saturated heterocycles. The lowest BCUT2D eigenvalue weighted by Gasteiger charge is -2.07. The lowest BCUT2D eigenvalue weighted by atomic mass is 10.2. The number of benzene rings is 2. The lowest BCUT2D eigenvalue weighted by molar-refractivity contribution is 0.0952. The standard InChI is InChI=1S/C17H14FN3O4/c18-11-2-3-13-12(8-11)20-17(23)21(13)6-5-19-16(22)10-1-4-14-15(7-10)25-9-24-14/h1-4,7-8H,5-6,9H2,(H,19,22)(H,20,23). The number of aromatic nitrogens is 2. The highest BCUT2D eigenvalue weighted by molar-refractivity contribution is 5.94. The van der Waals surface area contributed by atoms with Crippen LogP contribution in [0.5, 0.6) is 11.5 Å². The summed E-state index contributed by atoms with van der Waals surface area (Å²) in [6, 6.07) is 9.01. The number of amides is 1. The van der Waals surface area contributed by atoms with Crippen molar-refractivity contribution in [2.75, 3.05) is 13.3 Å². The Morgan fingerprint density at radius 1 is 1.20 bits per heavy atom. The fourth-order valence-corrected chi connectivity index (χ4v) is 2.78. The second-order valence-corrected chi connectivity index (χ2v) is 5.57. The van der Waals surface area contributed by atoms with E-state index in [4.69, 9.17) is 9.47 Å². The number of imidazole rings is 1. The van der Waals surface area contributed by atoms with Crippen molar-refractivity contribution in [3.63, 3.8) is 0 Å². The first kappa shape index (κ1) is 15.3. The highest BCUT2D eigenvalue weighted by Crippen LogP contribution is 2.32. The molecule has 1 aromatic heterocycles. The molecular formula is C17H14FN3O4. The summed E-state index contributed by atoms with van der Waals surface area (Å²) < 4.78 is 25.1. The second kappa shape index (κ2) is 5.97. The molecule has 25 heavy (non-hydrogen) atoms. The maximum absolute atomic E-state index is 13.2. The van der Waals surface area contributed by atoms with E-state index < -0.39 is 5.82 Å². The van der Waals surface area contributed by atoms with Crippen LogP contribution in [0.4, 0.5) is 4.39 Å². The molecule has 3 aromatic rings. The largest absolute Gasteiger partial charge is 0.454 e. The average Bonchev–Trinajstić information content (AvgIpc) is 3.18. The number of H-pyrrole nitrogens is 1. The summed E-state index contributed by atoms with van der Waals surface area (Å²) in [6.07, 6.45) is 0. The Morgan fingerprint density at radius 3 is 2.92 bits per heavy atom. The number of nitrogens with one attached hydrogen (secondary N) is 2. The third kappa shape index (κ3) is 2.82. The van der Waals surface area contributed by atoms with Crippen molar-refractivity contribution in [2.24, 2.45) is 0 Å². The van der Waals surface area contributed by atoms with Crippen LogP contribution in [-0.4, -0.2) is 28.8 Å². The molecule has 4 rings (SSSR count). The lowest BCUT2D eigenvalue weighted by Crippen LogP contribution is -2.30. The molecule has 0 saturated carbocycles. The topological polar surface area (TPSA) is 85.4 Å². The van der Waals surface area contributed by atoms with Gasteiger partial charge in [0.05, 0.1) is 11.0 Å². The van der Waals surface area contributed by atoms with Crippen molar-refractivity contribution in [2.45, 2.75) is 6.54 Å². The van der Waals surface area contributed by atoms with Crippen LogP contribution in [-0.2, 0) is 6.54 Å². The number of rotatable bonds is 4. The molecule has 0 aliphatic carbocycles. The molecule has 0 bridgehead atoms. The van der Waals surface area contributed by atoms with Gasteiger partial charge in [0.1, 0.15) is 5.82 Å². The number of carbonyl (C=O) groups excluding carboxylic acids is 1. The molecule has 0 spiro atoms. The van der Waals surface area contributed by atoms with Gasteiger partial charge >= 0.3 is 5.69 Å². The summed E-state index contributed by atoms with van der Waals surface area (Å²) in [4.78, 5) is 26.8. The zero-order valence-electron chi connectivity index (χ0n) is 13.0. The summed E-state index contributed by atoms with van der Waals surface area (Å²) in [6.45, 7) is 0.656. The first-order valence-corrected chi connectivity index (χ1v) is 7.68. The predicted molar refractivity (Wildman–Crippen MR) is 87.4 cm³/mol. The molecule has 0 fully saturated rings. The van der Waals surface area contributed by atoms with E-state index in [0.29, 0.717) is 28.1 Å². The van der Waals surface area contributed by atoms with E-state index in [2.05, 4.69) is 10.3 Å². The van der Waals surface area contributed by atoms with E-state index in [1.807, 2.05) is 0 Å². The van der Waals surface area contributed by atoms with E-state index in [1.54, 1.807) is 18.2 Å². The Hall–Kier alpha value is -3.29. The van der Waals surface area contributed by atoms with Gasteiger partial charge in [-0.2, -0.15) is 0 Å². The molecule has 1 aliphatic rings. The van der Waals surface area contributed by atoms with Crippen LogP contribution in [0.15, 0.2) is 41.2 Å². The minimum atomic E-state index is -0.419. The third-order valence-electron chi connectivity index (χ3n) is 3.99. The number of hydrogen-bond donors (Lipinski definition) is 2. The van der Waals surface area contributed by atoms with Crippen molar-refractivity contribution in [1.29, 1.82) is 0 Å². The van der Waals surface area contributed by atoms with Gasteiger partial charge in [0.2, 0.25) is 6.79 Å². The fourth-order valence-electron chi connectivity index (χ4n) is 2.78. The number of aromatic amines is 1. The molecule has 2 N–H and O–H groups in total. The van der Waals surface area contributed by atoms with Crippen LogP contribution < -0.4 is 20.5 Å². The van der Waals surface area contributed by atoms with E-state index in [9.17, 15) is 14.0 Å². The average molecular weight is 343 g/mol. The molecule has 1 aliphatic heterocycles. The van der Waals surface area contributed by atoms with Crippen LogP contribution in [0.1, 0.15) is 10.4 Å². The number of fused-ring (bicyclic) bond motifs is 2. The smallest absolute Gasteiger partial charge is 0.326 e. The highest BCUT2D eigenvalue weighted by Gasteiger charge is 2.16. The Balaban J connectivity index is 1.45. The Morgan fingerprint density at radius 2 is 2.04 bits per heavy atom. The van der Waals surface area contributed by atoms with Gasteiger partial charge in [0, 0.05) is 18.7 Å². The van der Waals surface area contributed by atoms with Gasteiger partial charge in [0.15, 0.2) is 11.5 Å². The van der Waals surface area contributed by atoms with Crippen LogP contribution in [0, 0.1) is 5.82 Å². The van der Waals surface area contributed by atoms with Crippen molar-refractivity contribution in [3.05, 3.63) is 58.3 Å². The summed E-state index contributed by atoms with van der Waals surface area (Å²) in [7, 11) is 0. The van der Waals surface area contributed by atoms with Crippen molar-refractivity contribution < 1.29 is 18.7 Å². The zero-order chi connectivity index (χ0) is 17.4. The summed E-state index contributed by atoms with van der Waals surface area (Å²) in [5, 5.41) is 2.75. The van der Waals surface area contributed by atoms with Crippen molar-refractivity contribution in [1.82, 2.24) is 14.9 Å². The number of carbonyl (C=O) groups is 1. The maximum Gasteiger partial charge on any atom is 0.326 e. The minimum absolute atomic E-state index is 0.143. The molecule has 0 radical (unpaired) electrons. The van der Waals surface area contributed by atoms with Gasteiger partial charge in [-0.05, 0) is 36.4 Å². The number of hydrogen-bond acceptors (Lipinski definition) is 4. The number of halogens is 1. The maximum atomic E-state index is 13.2. The normalized spacial score (nSPS) is 12.5. The highest BCUT2D eigenvalue weighted by atomic mass is 19.1. The first-order valence-electron chi connectivity index (χ1n) is 7.68. The SMILES string of the molecule is O=C(NCCn1c(=O)[nH]c2cc(F)ccc21)c1ccc2c(c1)OCO2. The molecule has 1 amide bonds.